The van der Waals surface area contributed by atoms with Gasteiger partial charge in [-0.05, 0) is 38.2 Å². The summed E-state index contributed by atoms with van der Waals surface area (Å²) in [6, 6.07) is 14.5. The summed E-state index contributed by atoms with van der Waals surface area (Å²) in [4.78, 5) is 6.61. The maximum absolute atomic E-state index is 6.35. The lowest BCUT2D eigenvalue weighted by atomic mass is 9.99. The van der Waals surface area contributed by atoms with Gasteiger partial charge in [-0.25, -0.2) is 0 Å². The number of rotatable bonds is 5. The first kappa shape index (κ1) is 15.7. The Hall–Kier alpha value is -1.64. The molecule has 0 saturated carbocycles. The molecular formula is C18H21ClN2. The highest BCUT2D eigenvalue weighted by Gasteiger charge is 2.06. The molecule has 2 aromatic rings. The molecule has 0 aromatic heterocycles. The van der Waals surface area contributed by atoms with Gasteiger partial charge in [0, 0.05) is 23.3 Å². The van der Waals surface area contributed by atoms with Crippen molar-refractivity contribution in [2.75, 3.05) is 27.2 Å². The van der Waals surface area contributed by atoms with Crippen LogP contribution in [0.2, 0.25) is 5.02 Å². The Bertz CT molecular complexity index is 616. The van der Waals surface area contributed by atoms with Crippen molar-refractivity contribution in [2.24, 2.45) is 4.99 Å². The zero-order valence-electron chi connectivity index (χ0n) is 12.8. The maximum Gasteiger partial charge on any atom is 0.0516 e. The Balaban J connectivity index is 2.30. The molecule has 0 heterocycles. The molecule has 0 radical (unpaired) electrons. The SMILES string of the molecule is Cc1ccc(-c2cccc(Cl)c2C=NCCN(C)C)cc1. The van der Waals surface area contributed by atoms with Crippen LogP contribution in [-0.2, 0) is 0 Å². The van der Waals surface area contributed by atoms with Gasteiger partial charge in [0.2, 0.25) is 0 Å². The average Bonchev–Trinajstić information content (AvgIpc) is 2.45. The number of halogens is 1. The lowest BCUT2D eigenvalue weighted by Crippen LogP contribution is -2.15. The van der Waals surface area contributed by atoms with Gasteiger partial charge in [0.25, 0.3) is 0 Å². The van der Waals surface area contributed by atoms with Gasteiger partial charge in [-0.2, -0.15) is 0 Å². The van der Waals surface area contributed by atoms with E-state index < -0.39 is 0 Å². The van der Waals surface area contributed by atoms with Gasteiger partial charge in [-0.15, -0.1) is 0 Å². The van der Waals surface area contributed by atoms with E-state index in [9.17, 15) is 0 Å². The number of nitrogens with zero attached hydrogens (tertiary/aromatic N) is 2. The predicted molar refractivity (Wildman–Crippen MR) is 92.6 cm³/mol. The summed E-state index contributed by atoms with van der Waals surface area (Å²) in [7, 11) is 4.09. The first-order valence-electron chi connectivity index (χ1n) is 7.08. The summed E-state index contributed by atoms with van der Waals surface area (Å²) in [5.74, 6) is 0. The van der Waals surface area contributed by atoms with Crippen LogP contribution in [0.25, 0.3) is 11.1 Å². The predicted octanol–water partition coefficient (Wildman–Crippen LogP) is 4.30. The second kappa shape index (κ2) is 7.39. The maximum atomic E-state index is 6.35. The standard InChI is InChI=1S/C18H21ClN2/c1-14-7-9-15(10-8-14)16-5-4-6-18(19)17(16)13-20-11-12-21(2)3/h4-10,13H,11-12H2,1-3H3. The third-order valence-corrected chi connectivity index (χ3v) is 3.64. The molecule has 0 aliphatic heterocycles. The van der Waals surface area contributed by atoms with Crippen LogP contribution in [0.5, 0.6) is 0 Å². The van der Waals surface area contributed by atoms with Crippen LogP contribution >= 0.6 is 11.6 Å². The van der Waals surface area contributed by atoms with Crippen LogP contribution in [0, 0.1) is 6.92 Å². The molecule has 21 heavy (non-hydrogen) atoms. The fourth-order valence-corrected chi connectivity index (χ4v) is 2.29. The fraction of sp³-hybridized carbons (Fsp3) is 0.278. The van der Waals surface area contributed by atoms with E-state index in [4.69, 9.17) is 11.6 Å². The van der Waals surface area contributed by atoms with E-state index in [1.807, 2.05) is 32.4 Å². The Kier molecular flexibility index (Phi) is 5.54. The Morgan fingerprint density at radius 3 is 2.48 bits per heavy atom. The van der Waals surface area contributed by atoms with Crippen molar-refractivity contribution in [2.45, 2.75) is 6.92 Å². The minimum atomic E-state index is 0.738. The monoisotopic (exact) mass is 300 g/mol. The highest BCUT2D eigenvalue weighted by atomic mass is 35.5. The fourth-order valence-electron chi connectivity index (χ4n) is 2.07. The Labute approximate surface area is 132 Å². The molecule has 0 bridgehead atoms. The van der Waals surface area contributed by atoms with Crippen molar-refractivity contribution < 1.29 is 0 Å². The smallest absolute Gasteiger partial charge is 0.0516 e. The third-order valence-electron chi connectivity index (χ3n) is 3.31. The van der Waals surface area contributed by atoms with Crippen molar-refractivity contribution in [3.8, 4) is 11.1 Å². The van der Waals surface area contributed by atoms with Gasteiger partial charge in [-0.1, -0.05) is 53.6 Å². The molecule has 0 aliphatic carbocycles. The number of benzene rings is 2. The minimum Gasteiger partial charge on any atom is -0.308 e. The summed E-state index contributed by atoms with van der Waals surface area (Å²) in [6.07, 6.45) is 1.89. The summed E-state index contributed by atoms with van der Waals surface area (Å²) in [6.45, 7) is 3.79. The molecule has 0 atom stereocenters. The van der Waals surface area contributed by atoms with Gasteiger partial charge in [0.15, 0.2) is 0 Å². The van der Waals surface area contributed by atoms with Crippen molar-refractivity contribution >= 4 is 17.8 Å². The largest absolute Gasteiger partial charge is 0.308 e. The van der Waals surface area contributed by atoms with Crippen LogP contribution in [-0.4, -0.2) is 38.3 Å². The zero-order chi connectivity index (χ0) is 15.2. The molecule has 0 amide bonds. The Morgan fingerprint density at radius 1 is 1.10 bits per heavy atom. The highest BCUT2D eigenvalue weighted by molar-refractivity contribution is 6.33. The average molecular weight is 301 g/mol. The lowest BCUT2D eigenvalue weighted by Gasteiger charge is -2.09. The quantitative estimate of drug-likeness (QED) is 0.752. The lowest BCUT2D eigenvalue weighted by molar-refractivity contribution is 0.421. The summed E-state index contributed by atoms with van der Waals surface area (Å²) >= 11 is 6.35. The topological polar surface area (TPSA) is 15.6 Å². The van der Waals surface area contributed by atoms with Crippen molar-refractivity contribution in [3.63, 3.8) is 0 Å². The van der Waals surface area contributed by atoms with Crippen molar-refractivity contribution in [3.05, 3.63) is 58.6 Å². The van der Waals surface area contributed by atoms with Gasteiger partial charge in [0.05, 0.1) is 6.54 Å². The number of hydrogen-bond donors (Lipinski definition) is 0. The molecular weight excluding hydrogens is 280 g/mol. The van der Waals surface area contributed by atoms with E-state index in [-0.39, 0.29) is 0 Å². The molecule has 2 nitrogen and oxygen atoms in total. The van der Waals surface area contributed by atoms with Crippen molar-refractivity contribution in [1.82, 2.24) is 4.90 Å². The normalized spacial score (nSPS) is 11.5. The van der Waals surface area contributed by atoms with E-state index in [1.54, 1.807) is 0 Å². The van der Waals surface area contributed by atoms with Gasteiger partial charge < -0.3 is 4.90 Å². The van der Waals surface area contributed by atoms with Crippen LogP contribution < -0.4 is 0 Å². The highest BCUT2D eigenvalue weighted by Crippen LogP contribution is 2.28. The van der Waals surface area contributed by atoms with E-state index in [0.717, 1.165) is 34.8 Å². The number of likely N-dealkylation sites (N-methyl/N-ethyl adjacent to an activating group) is 1. The molecule has 2 rings (SSSR count). The minimum absolute atomic E-state index is 0.738. The number of aryl methyl sites for hydroxylation is 1. The van der Waals surface area contributed by atoms with Gasteiger partial charge in [0.1, 0.15) is 0 Å². The first-order chi connectivity index (χ1) is 10.1. The molecule has 0 saturated heterocycles. The van der Waals surface area contributed by atoms with E-state index in [1.165, 1.54) is 5.56 Å². The zero-order valence-corrected chi connectivity index (χ0v) is 13.6. The van der Waals surface area contributed by atoms with Crippen LogP contribution in [0.4, 0.5) is 0 Å². The molecule has 2 aromatic carbocycles. The molecule has 0 N–H and O–H groups in total. The van der Waals surface area contributed by atoms with E-state index in [0.29, 0.717) is 0 Å². The van der Waals surface area contributed by atoms with E-state index in [2.05, 4.69) is 47.1 Å². The van der Waals surface area contributed by atoms with Crippen LogP contribution in [0.1, 0.15) is 11.1 Å². The second-order valence-corrected chi connectivity index (χ2v) is 5.81. The Morgan fingerprint density at radius 2 is 1.81 bits per heavy atom. The molecule has 0 aliphatic rings. The van der Waals surface area contributed by atoms with Gasteiger partial charge in [-0.3, -0.25) is 4.99 Å². The van der Waals surface area contributed by atoms with Crippen molar-refractivity contribution in [1.29, 1.82) is 0 Å². The third kappa shape index (κ3) is 4.42. The summed E-state index contributed by atoms with van der Waals surface area (Å²) in [5, 5.41) is 0.738. The first-order valence-corrected chi connectivity index (χ1v) is 7.46. The molecule has 110 valence electrons. The molecule has 0 fully saturated rings. The molecule has 0 unspecified atom stereocenters. The molecule has 0 spiro atoms. The van der Waals surface area contributed by atoms with Crippen LogP contribution in [0.3, 0.4) is 0 Å². The molecule has 3 heteroatoms. The summed E-state index contributed by atoms with van der Waals surface area (Å²) in [5.41, 5.74) is 4.53. The summed E-state index contributed by atoms with van der Waals surface area (Å²) < 4.78 is 0. The second-order valence-electron chi connectivity index (χ2n) is 5.41. The van der Waals surface area contributed by atoms with Gasteiger partial charge >= 0.3 is 0 Å². The van der Waals surface area contributed by atoms with E-state index >= 15 is 0 Å². The number of aliphatic imine (C=N–C) groups is 1. The number of hydrogen-bond acceptors (Lipinski definition) is 2. The van der Waals surface area contributed by atoms with Crippen LogP contribution in [0.15, 0.2) is 47.5 Å².